The molecule has 0 aliphatic rings. The predicted molar refractivity (Wildman–Crippen MR) is 108 cm³/mol. The number of hydrogen-bond acceptors (Lipinski definition) is 6. The number of benzene rings is 1. The second kappa shape index (κ2) is 7.32. The highest BCUT2D eigenvalue weighted by molar-refractivity contribution is 9.10. The lowest BCUT2D eigenvalue weighted by molar-refractivity contribution is -0.385. The summed E-state index contributed by atoms with van der Waals surface area (Å²) in [6.07, 6.45) is 3.36. The highest BCUT2D eigenvalue weighted by atomic mass is 79.9. The van der Waals surface area contributed by atoms with Gasteiger partial charge < -0.3 is 0 Å². The molecule has 0 aliphatic heterocycles. The van der Waals surface area contributed by atoms with Gasteiger partial charge in [0.2, 0.25) is 0 Å². The Bertz CT molecular complexity index is 1220. The number of sulfonamides is 1. The van der Waals surface area contributed by atoms with Crippen LogP contribution >= 0.6 is 15.9 Å². The van der Waals surface area contributed by atoms with Gasteiger partial charge in [-0.2, -0.15) is 23.0 Å². The van der Waals surface area contributed by atoms with Gasteiger partial charge in [-0.05, 0) is 31.5 Å². The summed E-state index contributed by atoms with van der Waals surface area (Å²) < 4.78 is 29.2. The van der Waals surface area contributed by atoms with Crippen LogP contribution in [0.5, 0.6) is 0 Å². The van der Waals surface area contributed by atoms with Crippen molar-refractivity contribution in [2.45, 2.75) is 18.7 Å². The normalized spacial score (nSPS) is 12.4. The molecule has 3 aromatic rings. The molecule has 0 spiro atoms. The Balaban J connectivity index is 2.03. The van der Waals surface area contributed by atoms with Crippen LogP contribution in [-0.4, -0.2) is 40.1 Å². The number of non-ortho nitro benzene ring substituents is 1. The van der Waals surface area contributed by atoms with Crippen LogP contribution in [0.3, 0.4) is 0 Å². The highest BCUT2D eigenvalue weighted by Crippen LogP contribution is 2.25. The first-order valence-electron chi connectivity index (χ1n) is 8.03. The molecule has 0 unspecified atom stereocenters. The first kappa shape index (κ1) is 20.0. The summed E-state index contributed by atoms with van der Waals surface area (Å²) in [4.78, 5) is 10.2. The minimum Gasteiger partial charge on any atom is -0.258 e. The van der Waals surface area contributed by atoms with Crippen molar-refractivity contribution in [3.05, 3.63) is 68.4 Å². The van der Waals surface area contributed by atoms with Crippen LogP contribution in [0.4, 0.5) is 5.69 Å². The topological polar surface area (TPSA) is 110 Å². The quantitative estimate of drug-likeness (QED) is 0.325. The van der Waals surface area contributed by atoms with Gasteiger partial charge in [-0.1, -0.05) is 22.0 Å². The largest absolute Gasteiger partial charge is 0.279 e. The van der Waals surface area contributed by atoms with Crippen LogP contribution in [0, 0.1) is 17.0 Å². The van der Waals surface area contributed by atoms with Gasteiger partial charge in [0.15, 0.2) is 0 Å². The number of halogens is 1. The van der Waals surface area contributed by atoms with E-state index in [1.54, 1.807) is 30.8 Å². The van der Waals surface area contributed by atoms with Crippen LogP contribution in [0.1, 0.15) is 18.1 Å². The number of hydrogen-bond donors (Lipinski definition) is 0. The molecule has 11 heteroatoms. The average Bonchev–Trinajstić information content (AvgIpc) is 3.04. The standard InChI is InChI=1S/C17H16BrN5O4S/c1-11-4-5-14(23(24)25)9-17(11)28(26,27)21(3)20-12(2)15-10-19-22-7-6-13(18)8-16(15)22/h4-10H,1-3H3/b20-12-. The molecule has 146 valence electrons. The molecule has 2 heterocycles. The van der Waals surface area contributed by atoms with Crippen molar-refractivity contribution in [1.29, 1.82) is 0 Å². The molecule has 9 nitrogen and oxygen atoms in total. The number of aryl methyl sites for hydroxylation is 1. The number of pyridine rings is 1. The lowest BCUT2D eigenvalue weighted by atomic mass is 10.2. The molecular weight excluding hydrogens is 450 g/mol. The zero-order valence-electron chi connectivity index (χ0n) is 15.2. The summed E-state index contributed by atoms with van der Waals surface area (Å²) in [6.45, 7) is 3.24. The fraction of sp³-hybridized carbons (Fsp3) is 0.176. The van der Waals surface area contributed by atoms with E-state index in [4.69, 9.17) is 0 Å². The monoisotopic (exact) mass is 465 g/mol. The van der Waals surface area contributed by atoms with Crippen molar-refractivity contribution >= 4 is 42.9 Å². The van der Waals surface area contributed by atoms with Gasteiger partial charge in [-0.25, -0.2) is 4.52 Å². The van der Waals surface area contributed by atoms with Gasteiger partial charge in [0, 0.05) is 35.4 Å². The summed E-state index contributed by atoms with van der Waals surface area (Å²) in [6, 6.07) is 7.38. The van der Waals surface area contributed by atoms with Crippen LogP contribution in [0.2, 0.25) is 0 Å². The fourth-order valence-corrected chi connectivity index (χ4v) is 4.27. The van der Waals surface area contributed by atoms with E-state index in [2.05, 4.69) is 26.1 Å². The van der Waals surface area contributed by atoms with E-state index in [-0.39, 0.29) is 10.6 Å². The predicted octanol–water partition coefficient (Wildman–Crippen LogP) is 3.36. The lowest BCUT2D eigenvalue weighted by Gasteiger charge is -2.16. The molecule has 28 heavy (non-hydrogen) atoms. The van der Waals surface area contributed by atoms with Gasteiger partial charge in [0.1, 0.15) is 0 Å². The molecule has 0 N–H and O–H groups in total. The van der Waals surface area contributed by atoms with Crippen molar-refractivity contribution in [2.24, 2.45) is 5.10 Å². The fourth-order valence-electron chi connectivity index (χ4n) is 2.68. The molecule has 0 radical (unpaired) electrons. The maximum Gasteiger partial charge on any atom is 0.279 e. The summed E-state index contributed by atoms with van der Waals surface area (Å²) in [5, 5.41) is 19.4. The molecule has 1 aromatic carbocycles. The van der Waals surface area contributed by atoms with Crippen molar-refractivity contribution in [3.63, 3.8) is 0 Å². The van der Waals surface area contributed by atoms with Gasteiger partial charge in [-0.15, -0.1) is 0 Å². The SMILES string of the molecule is C/C(=N/N(C)S(=O)(=O)c1cc([N+](=O)[O-])ccc1C)c1cnn2ccc(Br)cc12. The van der Waals surface area contributed by atoms with Gasteiger partial charge in [-0.3, -0.25) is 10.1 Å². The van der Waals surface area contributed by atoms with Gasteiger partial charge in [0.05, 0.1) is 27.2 Å². The Labute approximate surface area is 169 Å². The van der Waals surface area contributed by atoms with E-state index in [0.717, 1.165) is 20.5 Å². The Morgan fingerprint density at radius 2 is 2.04 bits per heavy atom. The van der Waals surface area contributed by atoms with Crippen molar-refractivity contribution in [3.8, 4) is 0 Å². The van der Waals surface area contributed by atoms with Crippen LogP contribution in [0.15, 0.2) is 57.2 Å². The third-order valence-electron chi connectivity index (χ3n) is 4.17. The van der Waals surface area contributed by atoms with E-state index >= 15 is 0 Å². The van der Waals surface area contributed by atoms with E-state index < -0.39 is 14.9 Å². The Morgan fingerprint density at radius 3 is 2.71 bits per heavy atom. The minimum atomic E-state index is -4.07. The summed E-state index contributed by atoms with van der Waals surface area (Å²) in [7, 11) is -2.78. The first-order chi connectivity index (χ1) is 13.1. The van der Waals surface area contributed by atoms with Gasteiger partial charge >= 0.3 is 0 Å². The zero-order valence-corrected chi connectivity index (χ0v) is 17.6. The molecule has 0 amide bonds. The van der Waals surface area contributed by atoms with Crippen molar-refractivity contribution in [1.82, 2.24) is 14.0 Å². The molecule has 2 aromatic heterocycles. The third-order valence-corrected chi connectivity index (χ3v) is 6.44. The molecule has 0 fully saturated rings. The van der Waals surface area contributed by atoms with Crippen LogP contribution < -0.4 is 0 Å². The van der Waals surface area contributed by atoms with E-state index in [1.807, 2.05) is 12.1 Å². The molecule has 0 atom stereocenters. The number of rotatable bonds is 5. The van der Waals surface area contributed by atoms with E-state index in [1.165, 1.54) is 19.2 Å². The third kappa shape index (κ3) is 3.62. The zero-order chi connectivity index (χ0) is 20.6. The first-order valence-corrected chi connectivity index (χ1v) is 10.3. The second-order valence-electron chi connectivity index (χ2n) is 6.06. The van der Waals surface area contributed by atoms with Crippen molar-refractivity contribution < 1.29 is 13.3 Å². The second-order valence-corrected chi connectivity index (χ2v) is 8.90. The highest BCUT2D eigenvalue weighted by Gasteiger charge is 2.25. The number of hydrazone groups is 1. The summed E-state index contributed by atoms with van der Waals surface area (Å²) in [5.74, 6) is 0. The maximum absolute atomic E-state index is 12.9. The number of nitro groups is 1. The van der Waals surface area contributed by atoms with Crippen LogP contribution in [-0.2, 0) is 10.0 Å². The Kier molecular flexibility index (Phi) is 5.22. The maximum atomic E-state index is 12.9. The number of aromatic nitrogens is 2. The molecule has 3 rings (SSSR count). The Hall–Kier alpha value is -2.79. The molecule has 0 aliphatic carbocycles. The number of nitrogens with zero attached hydrogens (tertiary/aromatic N) is 5. The number of fused-ring (bicyclic) bond motifs is 1. The lowest BCUT2D eigenvalue weighted by Crippen LogP contribution is -2.24. The molecule has 0 saturated heterocycles. The minimum absolute atomic E-state index is 0.164. The summed E-state index contributed by atoms with van der Waals surface area (Å²) >= 11 is 3.40. The smallest absolute Gasteiger partial charge is 0.258 e. The number of nitro benzene ring substituents is 1. The molecule has 0 bridgehead atoms. The Morgan fingerprint density at radius 1 is 1.32 bits per heavy atom. The molecular formula is C17H16BrN5O4S. The summed E-state index contributed by atoms with van der Waals surface area (Å²) in [5.41, 5.74) is 1.95. The average molecular weight is 466 g/mol. The van der Waals surface area contributed by atoms with Crippen molar-refractivity contribution in [2.75, 3.05) is 7.05 Å². The van der Waals surface area contributed by atoms with E-state index in [9.17, 15) is 18.5 Å². The van der Waals surface area contributed by atoms with Crippen LogP contribution in [0.25, 0.3) is 5.52 Å². The van der Waals surface area contributed by atoms with E-state index in [0.29, 0.717) is 16.8 Å². The molecule has 0 saturated carbocycles. The van der Waals surface area contributed by atoms with Gasteiger partial charge in [0.25, 0.3) is 15.7 Å².